The molecule has 1 heterocycles. The van der Waals surface area contributed by atoms with E-state index in [1.807, 2.05) is 0 Å². The van der Waals surface area contributed by atoms with Gasteiger partial charge in [-0.05, 0) is 24.8 Å². The van der Waals surface area contributed by atoms with Gasteiger partial charge in [-0.25, -0.2) is 4.99 Å². The van der Waals surface area contributed by atoms with Crippen molar-refractivity contribution in [3.8, 4) is 0 Å². The van der Waals surface area contributed by atoms with E-state index in [0.29, 0.717) is 12.0 Å². The van der Waals surface area contributed by atoms with Crippen LogP contribution in [0.2, 0.25) is 0 Å². The third-order valence-corrected chi connectivity index (χ3v) is 4.99. The first kappa shape index (κ1) is 23.2. The molecule has 1 rings (SSSR count). The fourth-order valence-electron chi connectivity index (χ4n) is 1.83. The lowest BCUT2D eigenvalue weighted by Crippen LogP contribution is -2.46. The molecule has 0 aliphatic carbocycles. The third-order valence-electron chi connectivity index (χ3n) is 3.75. The van der Waals surface area contributed by atoms with Gasteiger partial charge >= 0.3 is 0 Å². The Morgan fingerprint density at radius 1 is 1.42 bits per heavy atom. The van der Waals surface area contributed by atoms with Crippen molar-refractivity contribution in [1.82, 2.24) is 15.5 Å². The van der Waals surface area contributed by atoms with Crippen LogP contribution in [0.15, 0.2) is 22.5 Å². The van der Waals surface area contributed by atoms with Gasteiger partial charge in [-0.3, -0.25) is 4.79 Å². The van der Waals surface area contributed by atoms with Crippen LogP contribution in [0.1, 0.15) is 39.0 Å². The number of guanidine groups is 1. The van der Waals surface area contributed by atoms with Crippen LogP contribution in [0.25, 0.3) is 0 Å². The van der Waals surface area contributed by atoms with Crippen molar-refractivity contribution in [2.45, 2.75) is 45.6 Å². The Bertz CT molecular complexity index is 515. The van der Waals surface area contributed by atoms with E-state index in [2.05, 4.69) is 60.8 Å². The molecule has 24 heavy (non-hydrogen) atoms. The Morgan fingerprint density at radius 2 is 2.08 bits per heavy atom. The maximum absolute atomic E-state index is 11.8. The quantitative estimate of drug-likeness (QED) is 0.369. The van der Waals surface area contributed by atoms with E-state index >= 15 is 0 Å². The molecule has 0 saturated heterocycles. The molecule has 0 saturated carbocycles. The number of likely N-dealkylation sites (N-methyl/N-ethyl adjacent to an activating group) is 1. The summed E-state index contributed by atoms with van der Waals surface area (Å²) in [5.41, 5.74) is 0.0115. The summed E-state index contributed by atoms with van der Waals surface area (Å²) in [6, 6.07) is 4.53. The summed E-state index contributed by atoms with van der Waals surface area (Å²) in [4.78, 5) is 19.1. The van der Waals surface area contributed by atoms with Crippen molar-refractivity contribution in [2.75, 3.05) is 27.2 Å². The van der Waals surface area contributed by atoms with Crippen LogP contribution in [0.4, 0.5) is 0 Å². The summed E-state index contributed by atoms with van der Waals surface area (Å²) in [6.07, 6.45) is 0.997. The maximum Gasteiger partial charge on any atom is 0.243 e. The first-order valence-corrected chi connectivity index (χ1v) is 8.93. The summed E-state index contributed by atoms with van der Waals surface area (Å²) < 4.78 is 0. The average molecular weight is 466 g/mol. The van der Waals surface area contributed by atoms with Gasteiger partial charge in [-0.1, -0.05) is 26.8 Å². The molecule has 0 radical (unpaired) electrons. The van der Waals surface area contributed by atoms with E-state index in [9.17, 15) is 4.79 Å². The van der Waals surface area contributed by atoms with E-state index in [4.69, 9.17) is 0 Å². The van der Waals surface area contributed by atoms with E-state index in [1.165, 1.54) is 4.88 Å². The van der Waals surface area contributed by atoms with E-state index in [-0.39, 0.29) is 41.8 Å². The zero-order valence-corrected chi connectivity index (χ0v) is 18.7. The zero-order valence-electron chi connectivity index (χ0n) is 15.5. The number of nitrogens with one attached hydrogen (secondary N) is 2. The van der Waals surface area contributed by atoms with Crippen LogP contribution in [0.3, 0.4) is 0 Å². The molecule has 7 heteroatoms. The molecule has 0 spiro atoms. The number of aliphatic imine (C=N–C) groups is 1. The second-order valence-electron chi connectivity index (χ2n) is 6.62. The van der Waals surface area contributed by atoms with Crippen LogP contribution < -0.4 is 10.6 Å². The molecule has 0 aliphatic rings. The van der Waals surface area contributed by atoms with E-state index in [0.717, 1.165) is 13.0 Å². The second-order valence-corrected chi connectivity index (χ2v) is 7.57. The number of carbonyl (C=O) groups excluding carboxylic acids is 1. The highest BCUT2D eigenvalue weighted by atomic mass is 127. The molecular formula is C17H31IN4OS. The first-order chi connectivity index (χ1) is 10.8. The summed E-state index contributed by atoms with van der Waals surface area (Å²) in [5.74, 6) is 0.687. The first-order valence-electron chi connectivity index (χ1n) is 8.05. The largest absolute Gasteiger partial charge is 0.355 e. The van der Waals surface area contributed by atoms with Crippen molar-refractivity contribution in [3.63, 3.8) is 0 Å². The van der Waals surface area contributed by atoms with Crippen molar-refractivity contribution >= 4 is 47.2 Å². The number of nitrogens with zero attached hydrogens (tertiary/aromatic N) is 2. The van der Waals surface area contributed by atoms with Crippen LogP contribution in [0.5, 0.6) is 0 Å². The Kier molecular flexibility index (Phi) is 10.5. The fraction of sp³-hybridized carbons (Fsp3) is 0.647. The SMILES string of the molecule is CCC(C)NC(=NCC(=O)N(C)C)NCC(C)(C)c1cccs1.I. The predicted octanol–water partition coefficient (Wildman–Crippen LogP) is 3.07. The molecule has 0 fully saturated rings. The lowest BCUT2D eigenvalue weighted by Gasteiger charge is -2.26. The van der Waals surface area contributed by atoms with Crippen LogP contribution >= 0.6 is 35.3 Å². The van der Waals surface area contributed by atoms with E-state index in [1.54, 1.807) is 30.3 Å². The lowest BCUT2D eigenvalue weighted by molar-refractivity contribution is -0.127. The predicted molar refractivity (Wildman–Crippen MR) is 115 cm³/mol. The number of thiophene rings is 1. The van der Waals surface area contributed by atoms with Gasteiger partial charge in [-0.2, -0.15) is 0 Å². The zero-order chi connectivity index (χ0) is 17.5. The minimum Gasteiger partial charge on any atom is -0.355 e. The number of hydrogen-bond acceptors (Lipinski definition) is 3. The monoisotopic (exact) mass is 466 g/mol. The third kappa shape index (κ3) is 7.83. The number of carbonyl (C=O) groups is 1. The summed E-state index contributed by atoms with van der Waals surface area (Å²) in [6.45, 7) is 9.55. The fourth-order valence-corrected chi connectivity index (χ4v) is 2.68. The summed E-state index contributed by atoms with van der Waals surface area (Å²) >= 11 is 1.76. The van der Waals surface area contributed by atoms with Gasteiger partial charge in [-0.15, -0.1) is 35.3 Å². The Balaban J connectivity index is 0.00000529. The average Bonchev–Trinajstić information content (AvgIpc) is 3.04. The standard InChI is InChI=1S/C17H30N4OS.HI/c1-7-13(2)20-16(18-11-15(22)21(5)6)19-12-17(3,4)14-9-8-10-23-14;/h8-10,13H,7,11-12H2,1-6H3,(H2,18,19,20);1H. The topological polar surface area (TPSA) is 56.7 Å². The molecule has 1 unspecified atom stereocenters. The molecule has 0 bridgehead atoms. The van der Waals surface area contributed by atoms with Crippen molar-refractivity contribution in [1.29, 1.82) is 0 Å². The van der Waals surface area contributed by atoms with Crippen molar-refractivity contribution < 1.29 is 4.79 Å². The van der Waals surface area contributed by atoms with Gasteiger partial charge in [0.05, 0.1) is 0 Å². The summed E-state index contributed by atoms with van der Waals surface area (Å²) in [7, 11) is 3.49. The number of halogens is 1. The van der Waals surface area contributed by atoms with Crippen LogP contribution in [-0.2, 0) is 10.2 Å². The molecule has 1 atom stereocenters. The molecule has 1 amide bonds. The Hall–Kier alpha value is -0.830. The van der Waals surface area contributed by atoms with Gasteiger partial charge in [0.25, 0.3) is 0 Å². The minimum atomic E-state index is -0.00670. The molecule has 1 aromatic rings. The number of rotatable bonds is 7. The maximum atomic E-state index is 11.8. The van der Waals surface area contributed by atoms with Gasteiger partial charge in [0, 0.05) is 37.0 Å². The van der Waals surface area contributed by atoms with Crippen LogP contribution in [-0.4, -0.2) is 50.0 Å². The normalized spacial score (nSPS) is 13.0. The van der Waals surface area contributed by atoms with Crippen molar-refractivity contribution in [3.05, 3.63) is 22.4 Å². The highest BCUT2D eigenvalue weighted by molar-refractivity contribution is 14.0. The number of amides is 1. The summed E-state index contributed by atoms with van der Waals surface area (Å²) in [5, 5.41) is 8.83. The van der Waals surface area contributed by atoms with Crippen LogP contribution in [0, 0.1) is 0 Å². The highest BCUT2D eigenvalue weighted by Crippen LogP contribution is 2.26. The second kappa shape index (κ2) is 10.9. The molecule has 0 aromatic carbocycles. The highest BCUT2D eigenvalue weighted by Gasteiger charge is 2.22. The molecule has 138 valence electrons. The Labute approximate surface area is 167 Å². The smallest absolute Gasteiger partial charge is 0.243 e. The van der Waals surface area contributed by atoms with Crippen molar-refractivity contribution in [2.24, 2.45) is 4.99 Å². The van der Waals surface area contributed by atoms with Gasteiger partial charge in [0.15, 0.2) is 5.96 Å². The molecule has 2 N–H and O–H groups in total. The van der Waals surface area contributed by atoms with E-state index < -0.39 is 0 Å². The molecular weight excluding hydrogens is 435 g/mol. The number of hydrogen-bond donors (Lipinski definition) is 2. The Morgan fingerprint density at radius 3 is 2.58 bits per heavy atom. The molecule has 0 aliphatic heterocycles. The lowest BCUT2D eigenvalue weighted by atomic mass is 9.91. The molecule has 5 nitrogen and oxygen atoms in total. The molecule has 1 aromatic heterocycles. The minimum absolute atomic E-state index is 0. The van der Waals surface area contributed by atoms with Gasteiger partial charge in [0.1, 0.15) is 6.54 Å². The van der Waals surface area contributed by atoms with Gasteiger partial charge < -0.3 is 15.5 Å². The van der Waals surface area contributed by atoms with Gasteiger partial charge in [0.2, 0.25) is 5.91 Å².